The van der Waals surface area contributed by atoms with E-state index in [4.69, 9.17) is 0 Å². The third-order valence-electron chi connectivity index (χ3n) is 5.81. The molecule has 28 heavy (non-hydrogen) atoms. The normalized spacial score (nSPS) is 13.4. The van der Waals surface area contributed by atoms with Gasteiger partial charge >= 0.3 is 0 Å². The van der Waals surface area contributed by atoms with Crippen molar-refractivity contribution >= 4 is 60.1 Å². The van der Waals surface area contributed by atoms with Crippen LogP contribution < -0.4 is 0 Å². The summed E-state index contributed by atoms with van der Waals surface area (Å²) < 4.78 is 5.41. The van der Waals surface area contributed by atoms with Crippen LogP contribution in [0.1, 0.15) is 0 Å². The summed E-state index contributed by atoms with van der Waals surface area (Å²) in [6, 6.07) is 22.6. The van der Waals surface area contributed by atoms with Crippen LogP contribution in [0.5, 0.6) is 0 Å². The molecule has 0 bridgehead atoms. The Hall–Kier alpha value is -2.31. The molecule has 0 aliphatic rings. The Morgan fingerprint density at radius 3 is 1.18 bits per heavy atom. The van der Waals surface area contributed by atoms with Crippen LogP contribution in [0.2, 0.25) is 39.3 Å². The first kappa shape index (κ1) is 17.8. The molecule has 2 heterocycles. The van der Waals surface area contributed by atoms with Crippen LogP contribution in [0, 0.1) is 0 Å². The number of para-hydroxylation sites is 2. The highest BCUT2D eigenvalue weighted by molar-refractivity contribution is 6.78. The van der Waals surface area contributed by atoms with Crippen molar-refractivity contribution in [1.29, 1.82) is 0 Å². The van der Waals surface area contributed by atoms with Crippen molar-refractivity contribution in [2.75, 3.05) is 0 Å². The molecule has 5 rings (SSSR count). The first-order chi connectivity index (χ1) is 13.2. The lowest BCUT2D eigenvalue weighted by Crippen LogP contribution is -2.34. The van der Waals surface area contributed by atoms with Gasteiger partial charge in [-0.25, -0.2) is 0 Å². The van der Waals surface area contributed by atoms with E-state index in [2.05, 4.69) is 108 Å². The second-order valence-electron chi connectivity index (χ2n) is 9.90. The quantitative estimate of drug-likeness (QED) is 0.276. The van der Waals surface area contributed by atoms with Gasteiger partial charge in [0.1, 0.15) is 0 Å². The molecule has 0 fully saturated rings. The van der Waals surface area contributed by atoms with Crippen molar-refractivity contribution in [3.05, 3.63) is 60.7 Å². The van der Waals surface area contributed by atoms with Gasteiger partial charge in [-0.3, -0.25) is 0 Å². The average Bonchev–Trinajstić information content (AvgIpc) is 3.14. The van der Waals surface area contributed by atoms with Crippen LogP contribution in [0.3, 0.4) is 0 Å². The molecule has 142 valence electrons. The molecular formula is C24H28N2Si2. The molecule has 5 aromatic rings. The highest BCUT2D eigenvalue weighted by atomic mass is 28.3. The monoisotopic (exact) mass is 400 g/mol. The number of aromatic nitrogens is 2. The van der Waals surface area contributed by atoms with E-state index in [0.717, 1.165) is 0 Å². The standard InChI is InChI=1S/C24H28N2Si2/c1-27(2,3)25-21-13-9-7-11-17(21)19-15-16-20-18-12-8-10-14-22(18)26(28(4,5)6)24(20)23(19)25/h7-16H,1-6H3. The summed E-state index contributed by atoms with van der Waals surface area (Å²) in [6.45, 7) is 14.7. The Morgan fingerprint density at radius 2 is 0.821 bits per heavy atom. The molecule has 2 aromatic heterocycles. The Bertz CT molecular complexity index is 1270. The maximum Gasteiger partial charge on any atom is 0.153 e. The lowest BCUT2D eigenvalue weighted by atomic mass is 10.1. The van der Waals surface area contributed by atoms with Crippen LogP contribution in [-0.2, 0) is 0 Å². The third kappa shape index (κ3) is 2.31. The largest absolute Gasteiger partial charge is 0.367 e. The predicted molar refractivity (Wildman–Crippen MR) is 130 cm³/mol. The summed E-state index contributed by atoms with van der Waals surface area (Å²) in [5, 5.41) is 5.56. The maximum absolute atomic E-state index is 2.70. The summed E-state index contributed by atoms with van der Waals surface area (Å²) in [5.41, 5.74) is 5.65. The summed E-state index contributed by atoms with van der Waals surface area (Å²) in [7, 11) is -3.28. The Labute approximate surface area is 168 Å². The van der Waals surface area contributed by atoms with Crippen molar-refractivity contribution in [3.63, 3.8) is 0 Å². The number of rotatable bonds is 2. The highest BCUT2D eigenvalue weighted by Gasteiger charge is 2.29. The van der Waals surface area contributed by atoms with Crippen LogP contribution in [0.25, 0.3) is 43.6 Å². The lowest BCUT2D eigenvalue weighted by Gasteiger charge is -2.26. The molecule has 0 radical (unpaired) electrons. The van der Waals surface area contributed by atoms with Crippen LogP contribution in [-0.4, -0.2) is 24.9 Å². The van der Waals surface area contributed by atoms with Gasteiger partial charge in [-0.1, -0.05) is 87.8 Å². The Morgan fingerprint density at radius 1 is 0.464 bits per heavy atom. The van der Waals surface area contributed by atoms with E-state index in [9.17, 15) is 0 Å². The minimum atomic E-state index is -1.64. The summed E-state index contributed by atoms with van der Waals surface area (Å²) in [4.78, 5) is 0. The molecular weight excluding hydrogens is 372 g/mol. The van der Waals surface area contributed by atoms with Crippen LogP contribution >= 0.6 is 0 Å². The Kier molecular flexibility index (Phi) is 3.56. The minimum absolute atomic E-state index is 1.38. The molecule has 0 aliphatic heterocycles. The summed E-state index contributed by atoms with van der Waals surface area (Å²) in [6.07, 6.45) is 0. The average molecular weight is 401 g/mol. The van der Waals surface area contributed by atoms with E-state index in [1.165, 1.54) is 43.6 Å². The number of nitrogens with zero attached hydrogens (tertiary/aromatic N) is 2. The molecule has 0 saturated carbocycles. The minimum Gasteiger partial charge on any atom is -0.367 e. The van der Waals surface area contributed by atoms with Crippen molar-refractivity contribution in [2.24, 2.45) is 0 Å². The van der Waals surface area contributed by atoms with Crippen LogP contribution in [0.4, 0.5) is 0 Å². The predicted octanol–water partition coefficient (Wildman–Crippen LogP) is 7.27. The second-order valence-corrected chi connectivity index (χ2v) is 19.5. The maximum atomic E-state index is 2.70. The molecule has 0 aliphatic carbocycles. The lowest BCUT2D eigenvalue weighted by molar-refractivity contribution is 1.22. The smallest absolute Gasteiger partial charge is 0.153 e. The van der Waals surface area contributed by atoms with Crippen molar-refractivity contribution in [3.8, 4) is 0 Å². The first-order valence-electron chi connectivity index (χ1n) is 10.2. The molecule has 0 spiro atoms. The van der Waals surface area contributed by atoms with Gasteiger partial charge in [0, 0.05) is 32.6 Å². The van der Waals surface area contributed by atoms with Gasteiger partial charge in [-0.05, 0) is 12.1 Å². The topological polar surface area (TPSA) is 9.86 Å². The highest BCUT2D eigenvalue weighted by Crippen LogP contribution is 2.41. The molecule has 3 aromatic carbocycles. The Balaban J connectivity index is 2.19. The van der Waals surface area contributed by atoms with E-state index in [1.807, 2.05) is 0 Å². The van der Waals surface area contributed by atoms with Gasteiger partial charge in [0.25, 0.3) is 0 Å². The molecule has 2 nitrogen and oxygen atoms in total. The number of benzene rings is 3. The van der Waals surface area contributed by atoms with Crippen LogP contribution in [0.15, 0.2) is 60.7 Å². The fraction of sp³-hybridized carbons (Fsp3) is 0.250. The summed E-state index contributed by atoms with van der Waals surface area (Å²) in [5.74, 6) is 0. The SMILES string of the molecule is C[Si](C)(C)n1c2ccccc2c2ccc3c4ccccc4n([Si](C)(C)C)c3c21. The first-order valence-corrected chi connectivity index (χ1v) is 17.1. The number of hydrogen-bond acceptors (Lipinski definition) is 0. The molecule has 0 unspecified atom stereocenters. The third-order valence-corrected chi connectivity index (χ3v) is 9.42. The zero-order chi connectivity index (χ0) is 19.8. The van der Waals surface area contributed by atoms with E-state index < -0.39 is 16.5 Å². The zero-order valence-electron chi connectivity index (χ0n) is 17.7. The van der Waals surface area contributed by atoms with E-state index in [0.29, 0.717) is 0 Å². The number of fused-ring (bicyclic) bond motifs is 7. The van der Waals surface area contributed by atoms with Crippen molar-refractivity contribution < 1.29 is 0 Å². The molecule has 0 amide bonds. The fourth-order valence-electron chi connectivity index (χ4n) is 4.89. The van der Waals surface area contributed by atoms with Gasteiger partial charge in [0.2, 0.25) is 0 Å². The van der Waals surface area contributed by atoms with E-state index in [1.54, 1.807) is 0 Å². The molecule has 0 N–H and O–H groups in total. The van der Waals surface area contributed by atoms with Gasteiger partial charge in [0.15, 0.2) is 16.5 Å². The molecule has 0 saturated heterocycles. The zero-order valence-corrected chi connectivity index (χ0v) is 19.7. The van der Waals surface area contributed by atoms with Gasteiger partial charge < -0.3 is 8.47 Å². The van der Waals surface area contributed by atoms with Crippen molar-refractivity contribution in [1.82, 2.24) is 8.47 Å². The van der Waals surface area contributed by atoms with E-state index in [-0.39, 0.29) is 0 Å². The van der Waals surface area contributed by atoms with Gasteiger partial charge in [-0.15, -0.1) is 0 Å². The second kappa shape index (κ2) is 5.61. The summed E-state index contributed by atoms with van der Waals surface area (Å²) >= 11 is 0. The van der Waals surface area contributed by atoms with Gasteiger partial charge in [0.05, 0.1) is 11.0 Å². The number of hydrogen-bond donors (Lipinski definition) is 0. The fourth-order valence-corrected chi connectivity index (χ4v) is 8.52. The van der Waals surface area contributed by atoms with E-state index >= 15 is 0 Å². The van der Waals surface area contributed by atoms with Gasteiger partial charge in [-0.2, -0.15) is 0 Å². The molecule has 4 heteroatoms. The van der Waals surface area contributed by atoms with Crippen molar-refractivity contribution in [2.45, 2.75) is 39.3 Å². The molecule has 0 atom stereocenters.